The quantitative estimate of drug-likeness (QED) is 0.840. The van der Waals surface area contributed by atoms with E-state index in [1.54, 1.807) is 24.3 Å². The third-order valence-electron chi connectivity index (χ3n) is 4.98. The highest BCUT2D eigenvalue weighted by Gasteiger charge is 2.38. The van der Waals surface area contributed by atoms with Crippen LogP contribution in [0.25, 0.3) is 0 Å². The number of nitrogens with one attached hydrogen (secondary N) is 2. The molecule has 3 heterocycles. The van der Waals surface area contributed by atoms with Crippen LogP contribution >= 0.6 is 0 Å². The van der Waals surface area contributed by atoms with Crippen LogP contribution in [-0.2, 0) is 0 Å². The van der Waals surface area contributed by atoms with Gasteiger partial charge in [0.2, 0.25) is 0 Å². The van der Waals surface area contributed by atoms with Crippen LogP contribution in [0.3, 0.4) is 0 Å². The number of anilines is 1. The Hall–Kier alpha value is -2.32. The van der Waals surface area contributed by atoms with Crippen molar-refractivity contribution in [3.63, 3.8) is 0 Å². The first-order valence-corrected chi connectivity index (χ1v) is 8.11. The van der Waals surface area contributed by atoms with E-state index >= 15 is 0 Å². The summed E-state index contributed by atoms with van der Waals surface area (Å²) in [4.78, 5) is 14.5. The van der Waals surface area contributed by atoms with Gasteiger partial charge >= 0.3 is 6.03 Å². The minimum atomic E-state index is -0.219. The molecule has 3 aliphatic rings. The average Bonchev–Trinajstić information content (AvgIpc) is 2.60. The Kier molecular flexibility index (Phi) is 4.63. The fourth-order valence-corrected chi connectivity index (χ4v) is 3.71. The van der Waals surface area contributed by atoms with Crippen molar-refractivity contribution >= 4 is 11.7 Å². The highest BCUT2D eigenvalue weighted by atomic mass is 16.2. The molecule has 0 saturated carbocycles. The van der Waals surface area contributed by atoms with Crippen molar-refractivity contribution in [1.29, 1.82) is 5.26 Å². The SMILES string of the molecule is C=C[C@@H]1CN2CC[C@H]1C[C@@H]2CNC(=O)Nc1cccc(C#N)c1. The van der Waals surface area contributed by atoms with E-state index in [1.165, 1.54) is 6.42 Å². The Bertz CT molecular complexity index is 636. The third-order valence-corrected chi connectivity index (χ3v) is 4.98. The summed E-state index contributed by atoms with van der Waals surface area (Å²) in [7, 11) is 0. The van der Waals surface area contributed by atoms with Crippen LogP contribution in [-0.4, -0.2) is 36.6 Å². The van der Waals surface area contributed by atoms with Gasteiger partial charge in [-0.05, 0) is 49.4 Å². The fourth-order valence-electron chi connectivity index (χ4n) is 3.71. The normalized spacial score (nSPS) is 28.7. The minimum Gasteiger partial charge on any atom is -0.336 e. The third kappa shape index (κ3) is 3.54. The number of hydrogen-bond acceptors (Lipinski definition) is 3. The molecule has 5 nitrogen and oxygen atoms in total. The maximum Gasteiger partial charge on any atom is 0.319 e. The number of urea groups is 1. The number of amides is 2. The summed E-state index contributed by atoms with van der Waals surface area (Å²) >= 11 is 0. The number of nitriles is 1. The number of hydrogen-bond donors (Lipinski definition) is 2. The molecule has 0 aliphatic carbocycles. The van der Waals surface area contributed by atoms with Crippen molar-refractivity contribution in [1.82, 2.24) is 10.2 Å². The van der Waals surface area contributed by atoms with Crippen LogP contribution in [0.2, 0.25) is 0 Å². The molecule has 23 heavy (non-hydrogen) atoms. The molecule has 2 bridgehead atoms. The first-order chi connectivity index (χ1) is 11.2. The van der Waals surface area contributed by atoms with E-state index in [-0.39, 0.29) is 6.03 Å². The van der Waals surface area contributed by atoms with Gasteiger partial charge in [0.25, 0.3) is 0 Å². The number of carbonyl (C=O) groups is 1. The summed E-state index contributed by atoms with van der Waals surface area (Å²) in [6.07, 6.45) is 4.44. The molecule has 2 amide bonds. The second-order valence-electron chi connectivity index (χ2n) is 6.36. The van der Waals surface area contributed by atoms with Crippen LogP contribution in [0.4, 0.5) is 10.5 Å². The summed E-state index contributed by atoms with van der Waals surface area (Å²) < 4.78 is 0. The molecule has 3 saturated heterocycles. The van der Waals surface area contributed by atoms with Gasteiger partial charge in [0.05, 0.1) is 11.6 Å². The molecular formula is C18H22N4O. The Morgan fingerprint density at radius 1 is 1.52 bits per heavy atom. The zero-order valence-electron chi connectivity index (χ0n) is 13.2. The van der Waals surface area contributed by atoms with Crippen molar-refractivity contribution in [2.24, 2.45) is 11.8 Å². The molecule has 4 rings (SSSR count). The van der Waals surface area contributed by atoms with Crippen LogP contribution < -0.4 is 10.6 Å². The molecule has 0 radical (unpaired) electrons. The van der Waals surface area contributed by atoms with Gasteiger partial charge in [0.1, 0.15) is 0 Å². The molecule has 1 aromatic rings. The van der Waals surface area contributed by atoms with E-state index in [4.69, 9.17) is 5.26 Å². The lowest BCUT2D eigenvalue weighted by molar-refractivity contribution is 0.0209. The Balaban J connectivity index is 1.50. The van der Waals surface area contributed by atoms with Crippen LogP contribution in [0.5, 0.6) is 0 Å². The largest absolute Gasteiger partial charge is 0.336 e. The summed E-state index contributed by atoms with van der Waals surface area (Å²) in [6, 6.07) is 9.18. The van der Waals surface area contributed by atoms with Gasteiger partial charge in [-0.3, -0.25) is 4.90 Å². The summed E-state index contributed by atoms with van der Waals surface area (Å²) in [6.45, 7) is 6.77. The van der Waals surface area contributed by atoms with E-state index in [9.17, 15) is 4.79 Å². The van der Waals surface area contributed by atoms with Gasteiger partial charge in [-0.2, -0.15) is 5.26 Å². The van der Waals surface area contributed by atoms with Gasteiger partial charge < -0.3 is 10.6 Å². The zero-order chi connectivity index (χ0) is 16.2. The molecule has 1 aromatic carbocycles. The van der Waals surface area contributed by atoms with Crippen molar-refractivity contribution in [3.8, 4) is 6.07 Å². The molecule has 1 unspecified atom stereocenters. The molecule has 2 N–H and O–H groups in total. The fraction of sp³-hybridized carbons (Fsp3) is 0.444. The molecule has 0 spiro atoms. The Morgan fingerprint density at radius 2 is 2.39 bits per heavy atom. The van der Waals surface area contributed by atoms with E-state index < -0.39 is 0 Å². The maximum atomic E-state index is 12.0. The molecule has 0 aromatic heterocycles. The molecule has 5 heteroatoms. The number of piperidine rings is 3. The van der Waals surface area contributed by atoms with E-state index in [0.29, 0.717) is 35.7 Å². The lowest BCUT2D eigenvalue weighted by Gasteiger charge is -2.49. The monoisotopic (exact) mass is 310 g/mol. The molecule has 4 atom stereocenters. The molecular weight excluding hydrogens is 288 g/mol. The molecule has 120 valence electrons. The zero-order valence-corrected chi connectivity index (χ0v) is 13.2. The lowest BCUT2D eigenvalue weighted by atomic mass is 9.75. The summed E-state index contributed by atoms with van der Waals surface area (Å²) in [5.41, 5.74) is 1.17. The van der Waals surface area contributed by atoms with E-state index in [0.717, 1.165) is 19.5 Å². The van der Waals surface area contributed by atoms with Gasteiger partial charge in [-0.15, -0.1) is 6.58 Å². The number of rotatable bonds is 4. The van der Waals surface area contributed by atoms with Crippen LogP contribution in [0, 0.1) is 23.2 Å². The first kappa shape index (κ1) is 15.6. The van der Waals surface area contributed by atoms with Crippen LogP contribution in [0.1, 0.15) is 18.4 Å². The maximum absolute atomic E-state index is 12.0. The van der Waals surface area contributed by atoms with E-state index in [2.05, 4.69) is 34.3 Å². The summed E-state index contributed by atoms with van der Waals surface area (Å²) in [5.74, 6) is 1.31. The molecule has 3 aliphatic heterocycles. The van der Waals surface area contributed by atoms with Gasteiger partial charge in [-0.25, -0.2) is 4.79 Å². The van der Waals surface area contributed by atoms with Crippen LogP contribution in [0.15, 0.2) is 36.9 Å². The number of fused-ring (bicyclic) bond motifs is 3. The minimum absolute atomic E-state index is 0.219. The van der Waals surface area contributed by atoms with Gasteiger partial charge in [0, 0.05) is 24.8 Å². The van der Waals surface area contributed by atoms with Gasteiger partial charge in [-0.1, -0.05) is 12.1 Å². The van der Waals surface area contributed by atoms with E-state index in [1.807, 2.05) is 0 Å². The van der Waals surface area contributed by atoms with Crippen molar-refractivity contribution in [3.05, 3.63) is 42.5 Å². The summed E-state index contributed by atoms with van der Waals surface area (Å²) in [5, 5.41) is 14.6. The predicted molar refractivity (Wildman–Crippen MR) is 90.0 cm³/mol. The average molecular weight is 310 g/mol. The molecule has 3 fully saturated rings. The highest BCUT2D eigenvalue weighted by Crippen LogP contribution is 2.36. The van der Waals surface area contributed by atoms with Crippen molar-refractivity contribution < 1.29 is 4.79 Å². The van der Waals surface area contributed by atoms with Gasteiger partial charge in [0.15, 0.2) is 0 Å². The standard InChI is InChI=1S/C18H22N4O/c1-2-14-12-22-7-6-15(14)9-17(22)11-20-18(23)21-16-5-3-4-13(8-16)10-19/h2-5,8,14-15,17H,1,6-7,9,11-12H2,(H2,20,21,23)/t14-,15+,17-/m1/s1. The highest BCUT2D eigenvalue weighted by molar-refractivity contribution is 5.89. The lowest BCUT2D eigenvalue weighted by Crippen LogP contribution is -2.56. The Labute approximate surface area is 137 Å². The van der Waals surface area contributed by atoms with Crippen molar-refractivity contribution in [2.45, 2.75) is 18.9 Å². The smallest absolute Gasteiger partial charge is 0.319 e. The predicted octanol–water partition coefficient (Wildman–Crippen LogP) is 2.58. The van der Waals surface area contributed by atoms with Crippen molar-refractivity contribution in [2.75, 3.05) is 25.0 Å². The second kappa shape index (κ2) is 6.84. The first-order valence-electron chi connectivity index (χ1n) is 8.11. The number of nitrogens with zero attached hydrogens (tertiary/aromatic N) is 2. The second-order valence-corrected chi connectivity index (χ2v) is 6.36. The number of benzene rings is 1. The number of carbonyl (C=O) groups excluding carboxylic acids is 1. The Morgan fingerprint density at radius 3 is 3.09 bits per heavy atom. The topological polar surface area (TPSA) is 68.2 Å².